The van der Waals surface area contributed by atoms with Gasteiger partial charge in [-0.15, -0.1) is 0 Å². The van der Waals surface area contributed by atoms with Gasteiger partial charge in [0.05, 0.1) is 5.56 Å². The van der Waals surface area contributed by atoms with E-state index in [0.29, 0.717) is 16.1 Å². The highest BCUT2D eigenvalue weighted by molar-refractivity contribution is 6.31. The lowest BCUT2D eigenvalue weighted by Gasteiger charge is -2.13. The summed E-state index contributed by atoms with van der Waals surface area (Å²) in [7, 11) is 0. The smallest absolute Gasteiger partial charge is 0.337 e. The minimum atomic E-state index is -0.953. The quantitative estimate of drug-likeness (QED) is 0.848. The molecule has 1 aliphatic carbocycles. The molecule has 0 atom stereocenters. The molecule has 2 rings (SSSR count). The van der Waals surface area contributed by atoms with Crippen molar-refractivity contribution in [1.82, 2.24) is 0 Å². The van der Waals surface area contributed by atoms with E-state index in [1.54, 1.807) is 12.1 Å². The van der Waals surface area contributed by atoms with Gasteiger partial charge in [0, 0.05) is 17.3 Å². The molecule has 1 aliphatic rings. The van der Waals surface area contributed by atoms with Crippen molar-refractivity contribution < 1.29 is 9.90 Å². The number of rotatable bonds is 4. The SMILES string of the molecule is CC1(CNc2ccc(Cl)cc2C(=O)O)CC1. The molecule has 1 aromatic carbocycles. The minimum absolute atomic E-state index is 0.233. The molecule has 1 fully saturated rings. The van der Waals surface area contributed by atoms with Crippen LogP contribution in [0.25, 0.3) is 0 Å². The fourth-order valence-corrected chi connectivity index (χ4v) is 1.72. The maximum Gasteiger partial charge on any atom is 0.337 e. The van der Waals surface area contributed by atoms with Gasteiger partial charge in [-0.05, 0) is 36.5 Å². The monoisotopic (exact) mass is 239 g/mol. The van der Waals surface area contributed by atoms with Crippen molar-refractivity contribution in [1.29, 1.82) is 0 Å². The second-order valence-electron chi connectivity index (χ2n) is 4.66. The predicted molar refractivity (Wildman–Crippen MR) is 64.2 cm³/mol. The summed E-state index contributed by atoms with van der Waals surface area (Å²) in [5.41, 5.74) is 1.22. The number of hydrogen-bond donors (Lipinski definition) is 2. The largest absolute Gasteiger partial charge is 0.478 e. The molecule has 0 bridgehead atoms. The van der Waals surface area contributed by atoms with Crippen LogP contribution in [-0.4, -0.2) is 17.6 Å². The van der Waals surface area contributed by atoms with Gasteiger partial charge in [0.2, 0.25) is 0 Å². The Morgan fingerprint density at radius 1 is 1.56 bits per heavy atom. The Morgan fingerprint density at radius 3 is 2.81 bits per heavy atom. The lowest BCUT2D eigenvalue weighted by molar-refractivity contribution is 0.0698. The number of carbonyl (C=O) groups is 1. The zero-order valence-corrected chi connectivity index (χ0v) is 9.84. The summed E-state index contributed by atoms with van der Waals surface area (Å²) >= 11 is 5.77. The highest BCUT2D eigenvalue weighted by atomic mass is 35.5. The van der Waals surface area contributed by atoms with Crippen molar-refractivity contribution >= 4 is 23.3 Å². The highest BCUT2D eigenvalue weighted by Gasteiger charge is 2.36. The number of carboxylic acids is 1. The predicted octanol–water partition coefficient (Wildman–Crippen LogP) is 3.25. The molecular formula is C12H14ClNO2. The van der Waals surface area contributed by atoms with Crippen LogP contribution in [0, 0.1) is 5.41 Å². The van der Waals surface area contributed by atoms with Crippen LogP contribution in [-0.2, 0) is 0 Å². The van der Waals surface area contributed by atoms with Gasteiger partial charge in [-0.2, -0.15) is 0 Å². The molecule has 1 aromatic rings. The Kier molecular flexibility index (Phi) is 2.80. The standard InChI is InChI=1S/C12H14ClNO2/c1-12(4-5-12)7-14-10-3-2-8(13)6-9(10)11(15)16/h2-3,6,14H,4-5,7H2,1H3,(H,15,16). The third kappa shape index (κ3) is 2.47. The molecule has 4 heteroatoms. The summed E-state index contributed by atoms with van der Waals surface area (Å²) in [5.74, 6) is -0.953. The molecule has 0 heterocycles. The van der Waals surface area contributed by atoms with Crippen LogP contribution in [0.3, 0.4) is 0 Å². The van der Waals surface area contributed by atoms with Gasteiger partial charge in [0.1, 0.15) is 0 Å². The summed E-state index contributed by atoms with van der Waals surface area (Å²) in [4.78, 5) is 11.0. The summed E-state index contributed by atoms with van der Waals surface area (Å²) in [5, 5.41) is 12.7. The average molecular weight is 240 g/mol. The van der Waals surface area contributed by atoms with Crippen molar-refractivity contribution in [2.45, 2.75) is 19.8 Å². The van der Waals surface area contributed by atoms with Crippen LogP contribution < -0.4 is 5.32 Å². The molecule has 16 heavy (non-hydrogen) atoms. The molecule has 0 aromatic heterocycles. The third-order valence-corrected chi connectivity index (χ3v) is 3.26. The summed E-state index contributed by atoms with van der Waals surface area (Å²) in [6, 6.07) is 4.89. The maximum absolute atomic E-state index is 11.0. The van der Waals surface area contributed by atoms with Crippen LogP contribution in [0.4, 0.5) is 5.69 Å². The van der Waals surface area contributed by atoms with E-state index in [4.69, 9.17) is 16.7 Å². The van der Waals surface area contributed by atoms with E-state index in [9.17, 15) is 4.79 Å². The Balaban J connectivity index is 2.15. The highest BCUT2D eigenvalue weighted by Crippen LogP contribution is 2.44. The second kappa shape index (κ2) is 3.98. The van der Waals surface area contributed by atoms with Crippen molar-refractivity contribution in [2.75, 3.05) is 11.9 Å². The molecule has 0 amide bonds. The van der Waals surface area contributed by atoms with E-state index < -0.39 is 5.97 Å². The lowest BCUT2D eigenvalue weighted by atomic mass is 10.1. The molecule has 0 spiro atoms. The zero-order valence-electron chi connectivity index (χ0n) is 9.09. The van der Waals surface area contributed by atoms with Crippen LogP contribution >= 0.6 is 11.6 Å². The normalized spacial score (nSPS) is 16.9. The molecule has 0 unspecified atom stereocenters. The summed E-state index contributed by atoms with van der Waals surface area (Å²) in [6.07, 6.45) is 2.41. The van der Waals surface area contributed by atoms with E-state index in [1.165, 1.54) is 18.9 Å². The first kappa shape index (κ1) is 11.3. The van der Waals surface area contributed by atoms with Crippen LogP contribution in [0.15, 0.2) is 18.2 Å². The fourth-order valence-electron chi connectivity index (χ4n) is 1.55. The number of anilines is 1. The molecule has 1 saturated carbocycles. The fraction of sp³-hybridized carbons (Fsp3) is 0.417. The third-order valence-electron chi connectivity index (χ3n) is 3.02. The number of aromatic carboxylic acids is 1. The first-order valence-electron chi connectivity index (χ1n) is 5.27. The Labute approximate surface area is 99.4 Å². The van der Waals surface area contributed by atoms with E-state index in [2.05, 4.69) is 12.2 Å². The zero-order chi connectivity index (χ0) is 11.8. The van der Waals surface area contributed by atoms with Crippen molar-refractivity contribution in [3.8, 4) is 0 Å². The molecule has 0 aliphatic heterocycles. The van der Waals surface area contributed by atoms with E-state index in [1.807, 2.05) is 0 Å². The maximum atomic E-state index is 11.0. The van der Waals surface area contributed by atoms with Gasteiger partial charge >= 0.3 is 5.97 Å². The molecule has 0 saturated heterocycles. The average Bonchev–Trinajstić information content (AvgIpc) is 2.95. The Bertz CT molecular complexity index is 427. The second-order valence-corrected chi connectivity index (χ2v) is 5.10. The van der Waals surface area contributed by atoms with Gasteiger partial charge in [-0.1, -0.05) is 18.5 Å². The van der Waals surface area contributed by atoms with Crippen molar-refractivity contribution in [3.05, 3.63) is 28.8 Å². The number of hydrogen-bond acceptors (Lipinski definition) is 2. The number of halogens is 1. The summed E-state index contributed by atoms with van der Waals surface area (Å²) in [6.45, 7) is 3.01. The van der Waals surface area contributed by atoms with E-state index in [-0.39, 0.29) is 5.56 Å². The van der Waals surface area contributed by atoms with E-state index in [0.717, 1.165) is 6.54 Å². The minimum Gasteiger partial charge on any atom is -0.478 e. The number of benzene rings is 1. The van der Waals surface area contributed by atoms with Crippen LogP contribution in [0.1, 0.15) is 30.1 Å². The molecular weight excluding hydrogens is 226 g/mol. The Hall–Kier alpha value is -1.22. The number of carboxylic acid groups (broad SMARTS) is 1. The Morgan fingerprint density at radius 2 is 2.25 bits per heavy atom. The van der Waals surface area contributed by atoms with Gasteiger partial charge in [-0.25, -0.2) is 4.79 Å². The molecule has 0 radical (unpaired) electrons. The topological polar surface area (TPSA) is 49.3 Å². The van der Waals surface area contributed by atoms with Crippen molar-refractivity contribution in [3.63, 3.8) is 0 Å². The lowest BCUT2D eigenvalue weighted by Crippen LogP contribution is -2.14. The first-order valence-corrected chi connectivity index (χ1v) is 5.65. The van der Waals surface area contributed by atoms with Crippen LogP contribution in [0.5, 0.6) is 0 Å². The first-order chi connectivity index (χ1) is 7.50. The molecule has 86 valence electrons. The van der Waals surface area contributed by atoms with Crippen LogP contribution in [0.2, 0.25) is 5.02 Å². The molecule has 2 N–H and O–H groups in total. The van der Waals surface area contributed by atoms with Crippen molar-refractivity contribution in [2.24, 2.45) is 5.41 Å². The van der Waals surface area contributed by atoms with E-state index >= 15 is 0 Å². The van der Waals surface area contributed by atoms with Gasteiger partial charge in [0.15, 0.2) is 0 Å². The van der Waals surface area contributed by atoms with Gasteiger partial charge in [-0.3, -0.25) is 0 Å². The number of nitrogens with one attached hydrogen (secondary N) is 1. The molecule has 3 nitrogen and oxygen atoms in total. The van der Waals surface area contributed by atoms with Gasteiger partial charge in [0.25, 0.3) is 0 Å². The van der Waals surface area contributed by atoms with Gasteiger partial charge < -0.3 is 10.4 Å². The summed E-state index contributed by atoms with van der Waals surface area (Å²) < 4.78 is 0.